The maximum atomic E-state index is 12.1. The molecule has 1 fully saturated rings. The van der Waals surface area contributed by atoms with Crippen molar-refractivity contribution < 1.29 is 9.53 Å². The van der Waals surface area contributed by atoms with Crippen molar-refractivity contribution in [1.82, 2.24) is 15.5 Å². The lowest BCUT2D eigenvalue weighted by Crippen LogP contribution is -2.45. The van der Waals surface area contributed by atoms with E-state index in [0.717, 1.165) is 25.2 Å². The lowest BCUT2D eigenvalue weighted by atomic mass is 9.97. The summed E-state index contributed by atoms with van der Waals surface area (Å²) in [5.74, 6) is 1.45. The molecule has 6 nitrogen and oxygen atoms in total. The minimum atomic E-state index is 0.0232. The van der Waals surface area contributed by atoms with Gasteiger partial charge in [-0.15, -0.1) is 10.2 Å². The van der Waals surface area contributed by atoms with E-state index in [1.807, 2.05) is 19.9 Å². The SMILES string of the molecule is COc1ccc(N2CCC[C@@H](C(=O)NC(C)C)C2)nn1. The highest BCUT2D eigenvalue weighted by Crippen LogP contribution is 2.22. The highest BCUT2D eigenvalue weighted by atomic mass is 16.5. The van der Waals surface area contributed by atoms with Gasteiger partial charge >= 0.3 is 0 Å². The summed E-state index contributed by atoms with van der Waals surface area (Å²) in [6, 6.07) is 3.85. The van der Waals surface area contributed by atoms with Gasteiger partial charge in [-0.2, -0.15) is 0 Å². The van der Waals surface area contributed by atoms with Crippen LogP contribution in [0.3, 0.4) is 0 Å². The maximum Gasteiger partial charge on any atom is 0.233 e. The fourth-order valence-electron chi connectivity index (χ4n) is 2.39. The second-order valence-corrected chi connectivity index (χ2v) is 5.38. The second-order valence-electron chi connectivity index (χ2n) is 5.38. The minimum Gasteiger partial charge on any atom is -0.480 e. The Balaban J connectivity index is 2.00. The van der Waals surface area contributed by atoms with Crippen LogP contribution in [0.15, 0.2) is 12.1 Å². The first-order valence-electron chi connectivity index (χ1n) is 7.03. The van der Waals surface area contributed by atoms with E-state index >= 15 is 0 Å². The molecule has 1 aromatic heterocycles. The number of nitrogens with one attached hydrogen (secondary N) is 1. The van der Waals surface area contributed by atoms with Gasteiger partial charge in [0, 0.05) is 25.2 Å². The molecular formula is C14H22N4O2. The number of piperidine rings is 1. The molecule has 0 unspecified atom stereocenters. The van der Waals surface area contributed by atoms with E-state index in [2.05, 4.69) is 20.4 Å². The van der Waals surface area contributed by atoms with Crippen LogP contribution in [-0.2, 0) is 4.79 Å². The molecule has 1 amide bonds. The smallest absolute Gasteiger partial charge is 0.233 e. The third kappa shape index (κ3) is 3.59. The molecule has 110 valence electrons. The van der Waals surface area contributed by atoms with Crippen LogP contribution < -0.4 is 15.0 Å². The lowest BCUT2D eigenvalue weighted by molar-refractivity contribution is -0.125. The fourth-order valence-corrected chi connectivity index (χ4v) is 2.39. The summed E-state index contributed by atoms with van der Waals surface area (Å²) < 4.78 is 5.00. The number of methoxy groups -OCH3 is 1. The standard InChI is InChI=1S/C14H22N4O2/c1-10(2)15-14(19)11-5-4-8-18(9-11)12-6-7-13(20-3)17-16-12/h6-7,10-11H,4-5,8-9H2,1-3H3,(H,15,19)/t11-/m1/s1. The largest absolute Gasteiger partial charge is 0.480 e. The summed E-state index contributed by atoms with van der Waals surface area (Å²) in [7, 11) is 1.57. The summed E-state index contributed by atoms with van der Waals surface area (Å²) in [5, 5.41) is 11.1. The van der Waals surface area contributed by atoms with E-state index in [0.29, 0.717) is 12.4 Å². The average Bonchev–Trinajstić information content (AvgIpc) is 2.47. The van der Waals surface area contributed by atoms with Crippen LogP contribution in [0, 0.1) is 5.92 Å². The van der Waals surface area contributed by atoms with E-state index < -0.39 is 0 Å². The van der Waals surface area contributed by atoms with Crippen LogP contribution in [0.4, 0.5) is 5.82 Å². The maximum absolute atomic E-state index is 12.1. The molecule has 2 rings (SSSR count). The van der Waals surface area contributed by atoms with Crippen molar-refractivity contribution in [3.63, 3.8) is 0 Å². The third-order valence-electron chi connectivity index (χ3n) is 3.38. The predicted molar refractivity (Wildman–Crippen MR) is 76.8 cm³/mol. The van der Waals surface area contributed by atoms with Crippen LogP contribution in [0.2, 0.25) is 0 Å². The number of carbonyl (C=O) groups is 1. The van der Waals surface area contributed by atoms with Crippen LogP contribution in [0.5, 0.6) is 5.88 Å². The summed E-state index contributed by atoms with van der Waals surface area (Å²) in [6.07, 6.45) is 1.92. The molecule has 0 spiro atoms. The molecule has 0 bridgehead atoms. The molecule has 2 heterocycles. The van der Waals surface area contributed by atoms with Crippen molar-refractivity contribution in [2.24, 2.45) is 5.92 Å². The number of hydrogen-bond acceptors (Lipinski definition) is 5. The molecule has 6 heteroatoms. The van der Waals surface area contributed by atoms with Gasteiger partial charge in [-0.25, -0.2) is 0 Å². The first kappa shape index (κ1) is 14.6. The van der Waals surface area contributed by atoms with Crippen LogP contribution in [0.1, 0.15) is 26.7 Å². The van der Waals surface area contributed by atoms with Gasteiger partial charge in [0.2, 0.25) is 11.8 Å². The number of aromatic nitrogens is 2. The molecule has 1 saturated heterocycles. The van der Waals surface area contributed by atoms with Crippen LogP contribution in [0.25, 0.3) is 0 Å². The molecule has 1 aliphatic rings. The van der Waals surface area contributed by atoms with Crippen molar-refractivity contribution in [1.29, 1.82) is 0 Å². The van der Waals surface area contributed by atoms with Crippen molar-refractivity contribution in [2.45, 2.75) is 32.7 Å². The monoisotopic (exact) mass is 278 g/mol. The van der Waals surface area contributed by atoms with Crippen molar-refractivity contribution >= 4 is 11.7 Å². The Labute approximate surface area is 119 Å². The molecule has 0 saturated carbocycles. The molecule has 0 aliphatic carbocycles. The third-order valence-corrected chi connectivity index (χ3v) is 3.38. The summed E-state index contributed by atoms with van der Waals surface area (Å²) in [6.45, 7) is 5.56. The Morgan fingerprint density at radius 1 is 1.45 bits per heavy atom. The highest BCUT2D eigenvalue weighted by molar-refractivity contribution is 5.79. The first-order valence-corrected chi connectivity index (χ1v) is 7.03. The fraction of sp³-hybridized carbons (Fsp3) is 0.643. The molecule has 1 aromatic rings. The number of nitrogens with zero attached hydrogens (tertiary/aromatic N) is 3. The average molecular weight is 278 g/mol. The predicted octanol–water partition coefficient (Wildman–Crippen LogP) is 1.23. The van der Waals surface area contributed by atoms with Gasteiger partial charge in [0.15, 0.2) is 5.82 Å². The van der Waals surface area contributed by atoms with E-state index in [1.165, 1.54) is 0 Å². The van der Waals surface area contributed by atoms with Gasteiger partial charge in [-0.1, -0.05) is 0 Å². The summed E-state index contributed by atoms with van der Waals surface area (Å²) >= 11 is 0. The van der Waals surface area contributed by atoms with E-state index in [9.17, 15) is 4.79 Å². The topological polar surface area (TPSA) is 67.3 Å². The molecular weight excluding hydrogens is 256 g/mol. The zero-order valence-electron chi connectivity index (χ0n) is 12.3. The molecule has 1 aliphatic heterocycles. The number of carbonyl (C=O) groups excluding carboxylic acids is 1. The van der Waals surface area contributed by atoms with Gasteiger partial charge in [0.1, 0.15) is 0 Å². The molecule has 0 radical (unpaired) electrons. The van der Waals surface area contributed by atoms with E-state index in [1.54, 1.807) is 13.2 Å². The second kappa shape index (κ2) is 6.54. The summed E-state index contributed by atoms with van der Waals surface area (Å²) in [5.41, 5.74) is 0. The number of rotatable bonds is 4. The van der Waals surface area contributed by atoms with Crippen molar-refractivity contribution in [3.8, 4) is 5.88 Å². The van der Waals surface area contributed by atoms with Crippen LogP contribution >= 0.6 is 0 Å². The summed E-state index contributed by atoms with van der Waals surface area (Å²) in [4.78, 5) is 14.2. The molecule has 1 N–H and O–H groups in total. The highest BCUT2D eigenvalue weighted by Gasteiger charge is 2.26. The number of hydrogen-bond donors (Lipinski definition) is 1. The van der Waals surface area contributed by atoms with Crippen LogP contribution in [-0.4, -0.2) is 42.3 Å². The zero-order chi connectivity index (χ0) is 14.5. The normalized spacial score (nSPS) is 19.0. The number of anilines is 1. The lowest BCUT2D eigenvalue weighted by Gasteiger charge is -2.32. The van der Waals surface area contributed by atoms with Gasteiger partial charge in [0.05, 0.1) is 13.0 Å². The van der Waals surface area contributed by atoms with Gasteiger partial charge in [0.25, 0.3) is 0 Å². The Hall–Kier alpha value is -1.85. The number of ether oxygens (including phenoxy) is 1. The molecule has 0 aromatic carbocycles. The molecule has 1 atom stereocenters. The first-order chi connectivity index (χ1) is 9.60. The quantitative estimate of drug-likeness (QED) is 0.897. The van der Waals surface area contributed by atoms with E-state index in [4.69, 9.17) is 4.74 Å². The Morgan fingerprint density at radius 2 is 2.25 bits per heavy atom. The van der Waals surface area contributed by atoms with Gasteiger partial charge < -0.3 is 15.0 Å². The minimum absolute atomic E-state index is 0.0232. The molecule has 20 heavy (non-hydrogen) atoms. The number of amides is 1. The van der Waals surface area contributed by atoms with Gasteiger partial charge in [-0.05, 0) is 32.8 Å². The van der Waals surface area contributed by atoms with E-state index in [-0.39, 0.29) is 17.9 Å². The Kier molecular flexibility index (Phi) is 4.76. The van der Waals surface area contributed by atoms with Crippen molar-refractivity contribution in [2.75, 3.05) is 25.1 Å². The Morgan fingerprint density at radius 3 is 2.85 bits per heavy atom. The Bertz CT molecular complexity index is 447. The zero-order valence-corrected chi connectivity index (χ0v) is 12.3. The van der Waals surface area contributed by atoms with Crippen molar-refractivity contribution in [3.05, 3.63) is 12.1 Å². The van der Waals surface area contributed by atoms with Gasteiger partial charge in [-0.3, -0.25) is 4.79 Å².